The van der Waals surface area contributed by atoms with Crippen LogP contribution in [0.5, 0.6) is 0 Å². The Labute approximate surface area is 149 Å². The topological polar surface area (TPSA) is 69.7 Å². The SMILES string of the molecule is CC[C@H](C(=O)NC1CCN(C)CC1)N(c1ccccc1F)S(C)(=O)=O. The number of piperidine rings is 1. The standard InChI is InChI=1S/C17H26FN3O3S/c1-4-15(17(22)19-13-9-11-20(2)12-10-13)21(25(3,23)24)16-8-6-5-7-14(16)18/h5-8,13,15H,4,9-12H2,1-3H3,(H,19,22)/t15-/m1/s1. The number of amides is 1. The van der Waals surface area contributed by atoms with Gasteiger partial charge in [-0.15, -0.1) is 0 Å². The Hall–Kier alpha value is -1.67. The number of anilines is 1. The van der Waals surface area contributed by atoms with Crippen LogP contribution in [0.4, 0.5) is 10.1 Å². The number of sulfonamides is 1. The molecule has 0 bridgehead atoms. The first kappa shape index (κ1) is 19.7. The molecule has 0 saturated carbocycles. The van der Waals surface area contributed by atoms with Crippen LogP contribution < -0.4 is 9.62 Å². The molecule has 0 aliphatic carbocycles. The van der Waals surface area contributed by atoms with Gasteiger partial charge < -0.3 is 10.2 Å². The highest BCUT2D eigenvalue weighted by atomic mass is 32.2. The third kappa shape index (κ3) is 4.92. The zero-order valence-corrected chi connectivity index (χ0v) is 15.7. The van der Waals surface area contributed by atoms with E-state index >= 15 is 0 Å². The fourth-order valence-electron chi connectivity index (χ4n) is 3.12. The number of carbonyl (C=O) groups excluding carboxylic acids is 1. The van der Waals surface area contributed by atoms with Crippen molar-refractivity contribution in [1.82, 2.24) is 10.2 Å². The molecule has 8 heteroatoms. The number of hydrogen-bond donors (Lipinski definition) is 1. The van der Waals surface area contributed by atoms with Gasteiger partial charge in [0.2, 0.25) is 15.9 Å². The molecule has 140 valence electrons. The van der Waals surface area contributed by atoms with E-state index in [2.05, 4.69) is 10.2 Å². The summed E-state index contributed by atoms with van der Waals surface area (Å²) in [5, 5.41) is 2.94. The molecule has 1 atom stereocenters. The van der Waals surface area contributed by atoms with Crippen molar-refractivity contribution >= 4 is 21.6 Å². The predicted molar refractivity (Wildman–Crippen MR) is 96.5 cm³/mol. The fourth-order valence-corrected chi connectivity index (χ4v) is 4.33. The van der Waals surface area contributed by atoms with E-state index < -0.39 is 21.9 Å². The molecule has 25 heavy (non-hydrogen) atoms. The monoisotopic (exact) mass is 371 g/mol. The molecule has 1 heterocycles. The number of para-hydroxylation sites is 1. The summed E-state index contributed by atoms with van der Waals surface area (Å²) in [6.45, 7) is 3.48. The van der Waals surface area contributed by atoms with Gasteiger partial charge in [-0.05, 0) is 51.5 Å². The lowest BCUT2D eigenvalue weighted by molar-refractivity contribution is -0.123. The number of likely N-dealkylation sites (tertiary alicyclic amines) is 1. The van der Waals surface area contributed by atoms with Crippen molar-refractivity contribution in [2.45, 2.75) is 38.3 Å². The molecule has 2 rings (SSSR count). The van der Waals surface area contributed by atoms with Crippen LogP contribution in [0.2, 0.25) is 0 Å². The number of carbonyl (C=O) groups is 1. The first-order chi connectivity index (χ1) is 11.7. The third-order valence-electron chi connectivity index (χ3n) is 4.48. The van der Waals surface area contributed by atoms with E-state index in [1.54, 1.807) is 13.0 Å². The lowest BCUT2D eigenvalue weighted by Crippen LogP contribution is -2.53. The summed E-state index contributed by atoms with van der Waals surface area (Å²) < 4.78 is 39.7. The summed E-state index contributed by atoms with van der Waals surface area (Å²) >= 11 is 0. The van der Waals surface area contributed by atoms with Gasteiger partial charge in [-0.25, -0.2) is 12.8 Å². The minimum atomic E-state index is -3.82. The second kappa shape index (κ2) is 8.14. The molecule has 1 N–H and O–H groups in total. The van der Waals surface area contributed by atoms with Crippen LogP contribution in [-0.4, -0.2) is 57.7 Å². The summed E-state index contributed by atoms with van der Waals surface area (Å²) in [4.78, 5) is 14.9. The molecule has 1 aliphatic rings. The van der Waals surface area contributed by atoms with E-state index in [1.165, 1.54) is 18.2 Å². The van der Waals surface area contributed by atoms with Gasteiger partial charge in [-0.3, -0.25) is 9.10 Å². The normalized spacial score (nSPS) is 17.9. The number of halogens is 1. The first-order valence-electron chi connectivity index (χ1n) is 8.47. The van der Waals surface area contributed by atoms with Gasteiger partial charge >= 0.3 is 0 Å². The van der Waals surface area contributed by atoms with Crippen molar-refractivity contribution in [2.24, 2.45) is 0 Å². The van der Waals surface area contributed by atoms with Crippen molar-refractivity contribution in [3.63, 3.8) is 0 Å². The van der Waals surface area contributed by atoms with Gasteiger partial charge in [-0.2, -0.15) is 0 Å². The van der Waals surface area contributed by atoms with Crippen LogP contribution in [-0.2, 0) is 14.8 Å². The minimum Gasteiger partial charge on any atom is -0.351 e. The Morgan fingerprint density at radius 1 is 1.36 bits per heavy atom. The highest BCUT2D eigenvalue weighted by Gasteiger charge is 2.34. The first-order valence-corrected chi connectivity index (χ1v) is 10.3. The molecule has 0 aromatic heterocycles. The second-order valence-electron chi connectivity index (χ2n) is 6.52. The molecule has 1 saturated heterocycles. The molecule has 6 nitrogen and oxygen atoms in total. The smallest absolute Gasteiger partial charge is 0.244 e. The van der Waals surface area contributed by atoms with Gasteiger partial charge in [0.05, 0.1) is 11.9 Å². The van der Waals surface area contributed by atoms with Gasteiger partial charge in [0, 0.05) is 6.04 Å². The molecule has 1 fully saturated rings. The predicted octanol–water partition coefficient (Wildman–Crippen LogP) is 1.58. The summed E-state index contributed by atoms with van der Waals surface area (Å²) in [6.07, 6.45) is 2.87. The molecule has 1 aromatic carbocycles. The van der Waals surface area contributed by atoms with Crippen molar-refractivity contribution in [2.75, 3.05) is 30.7 Å². The van der Waals surface area contributed by atoms with Crippen LogP contribution in [0.15, 0.2) is 24.3 Å². The van der Waals surface area contributed by atoms with Gasteiger partial charge in [0.15, 0.2) is 0 Å². The van der Waals surface area contributed by atoms with Crippen molar-refractivity contribution < 1.29 is 17.6 Å². The maximum Gasteiger partial charge on any atom is 0.244 e. The maximum atomic E-state index is 14.2. The van der Waals surface area contributed by atoms with E-state index in [0.29, 0.717) is 0 Å². The fraction of sp³-hybridized carbons (Fsp3) is 0.588. The van der Waals surface area contributed by atoms with Gasteiger partial charge in [-0.1, -0.05) is 19.1 Å². The quantitative estimate of drug-likeness (QED) is 0.824. The van der Waals surface area contributed by atoms with Gasteiger partial charge in [0.25, 0.3) is 0 Å². The second-order valence-corrected chi connectivity index (χ2v) is 8.38. The molecule has 1 aromatic rings. The third-order valence-corrected chi connectivity index (χ3v) is 5.65. The number of nitrogens with zero attached hydrogens (tertiary/aromatic N) is 2. The van der Waals surface area contributed by atoms with Gasteiger partial charge in [0.1, 0.15) is 11.9 Å². The Balaban J connectivity index is 2.25. The summed E-state index contributed by atoms with van der Waals surface area (Å²) in [7, 11) is -1.80. The molecular weight excluding hydrogens is 345 g/mol. The van der Waals surface area contributed by atoms with Crippen LogP contribution in [0.1, 0.15) is 26.2 Å². The van der Waals surface area contributed by atoms with E-state index in [1.807, 2.05) is 7.05 Å². The van der Waals surface area contributed by atoms with Crippen molar-refractivity contribution in [1.29, 1.82) is 0 Å². The number of hydrogen-bond acceptors (Lipinski definition) is 4. The minimum absolute atomic E-state index is 0.0137. The molecule has 1 aliphatic heterocycles. The van der Waals surface area contributed by atoms with Crippen LogP contribution >= 0.6 is 0 Å². The molecule has 0 radical (unpaired) electrons. The Bertz CT molecular complexity index is 703. The van der Waals surface area contributed by atoms with E-state index in [4.69, 9.17) is 0 Å². The Morgan fingerprint density at radius 2 is 1.96 bits per heavy atom. The Kier molecular flexibility index (Phi) is 6.40. The Morgan fingerprint density at radius 3 is 2.48 bits per heavy atom. The zero-order chi connectivity index (χ0) is 18.6. The van der Waals surface area contributed by atoms with E-state index in [9.17, 15) is 17.6 Å². The molecular formula is C17H26FN3O3S. The van der Waals surface area contributed by atoms with E-state index in [0.717, 1.165) is 36.5 Å². The highest BCUT2D eigenvalue weighted by Crippen LogP contribution is 2.25. The van der Waals surface area contributed by atoms with Crippen LogP contribution in [0.3, 0.4) is 0 Å². The molecule has 1 amide bonds. The molecule has 0 unspecified atom stereocenters. The van der Waals surface area contributed by atoms with Crippen LogP contribution in [0.25, 0.3) is 0 Å². The highest BCUT2D eigenvalue weighted by molar-refractivity contribution is 7.92. The molecule has 0 spiro atoms. The largest absolute Gasteiger partial charge is 0.351 e. The van der Waals surface area contributed by atoms with E-state index in [-0.39, 0.29) is 24.1 Å². The summed E-state index contributed by atoms with van der Waals surface area (Å²) in [5.74, 6) is -1.05. The number of benzene rings is 1. The van der Waals surface area contributed by atoms with Crippen molar-refractivity contribution in [3.8, 4) is 0 Å². The van der Waals surface area contributed by atoms with Crippen molar-refractivity contribution in [3.05, 3.63) is 30.1 Å². The average Bonchev–Trinajstić information content (AvgIpc) is 2.54. The number of nitrogens with one attached hydrogen (secondary N) is 1. The summed E-state index contributed by atoms with van der Waals surface area (Å²) in [6, 6.07) is 4.64. The maximum absolute atomic E-state index is 14.2. The summed E-state index contributed by atoms with van der Waals surface area (Å²) in [5.41, 5.74) is -0.102. The lowest BCUT2D eigenvalue weighted by Gasteiger charge is -2.34. The average molecular weight is 371 g/mol. The lowest BCUT2D eigenvalue weighted by atomic mass is 10.0. The zero-order valence-electron chi connectivity index (χ0n) is 14.9. The van der Waals surface area contributed by atoms with Crippen LogP contribution in [0, 0.1) is 5.82 Å². The number of rotatable bonds is 6.